The van der Waals surface area contributed by atoms with Crippen LogP contribution in [0.4, 0.5) is 5.69 Å². The highest BCUT2D eigenvalue weighted by Gasteiger charge is 2.48. The van der Waals surface area contributed by atoms with E-state index >= 15 is 0 Å². The van der Waals surface area contributed by atoms with Gasteiger partial charge in [-0.2, -0.15) is 0 Å². The van der Waals surface area contributed by atoms with Gasteiger partial charge in [-0.25, -0.2) is 0 Å². The van der Waals surface area contributed by atoms with Crippen molar-refractivity contribution >= 4 is 57.2 Å². The van der Waals surface area contributed by atoms with Crippen molar-refractivity contribution in [3.05, 3.63) is 93.1 Å². The molecule has 0 radical (unpaired) electrons. The number of ether oxygens (including phenoxy) is 2. The summed E-state index contributed by atoms with van der Waals surface area (Å²) in [6.45, 7) is 1.87. The zero-order valence-corrected chi connectivity index (χ0v) is 21.6. The third kappa shape index (κ3) is 4.00. The number of nitrogens with zero attached hydrogens (tertiary/aromatic N) is 1. The standard InChI is InChI=1S/C28H22Cl2N2O5/c1-14-22(18-6-4-5-7-21(18)31-14)24-23(25(33)15-12-19(29)27(37-3)20(30)13-15)26(34)28(35)32(24)16-8-10-17(36-2)11-9-16/h4-13,24,31,33H,1-3H3/b25-23+. The van der Waals surface area contributed by atoms with Crippen molar-refractivity contribution in [2.24, 2.45) is 0 Å². The number of amides is 1. The molecule has 1 amide bonds. The lowest BCUT2D eigenvalue weighted by Gasteiger charge is -2.26. The smallest absolute Gasteiger partial charge is 0.300 e. The van der Waals surface area contributed by atoms with Crippen molar-refractivity contribution in [1.29, 1.82) is 0 Å². The quantitative estimate of drug-likeness (QED) is 0.174. The highest BCUT2D eigenvalue weighted by Crippen LogP contribution is 2.46. The third-order valence-electron chi connectivity index (χ3n) is 6.49. The van der Waals surface area contributed by atoms with Gasteiger partial charge in [0.25, 0.3) is 11.7 Å². The molecule has 9 heteroatoms. The van der Waals surface area contributed by atoms with E-state index in [0.29, 0.717) is 17.0 Å². The van der Waals surface area contributed by atoms with Crippen molar-refractivity contribution in [3.8, 4) is 11.5 Å². The predicted molar refractivity (Wildman–Crippen MR) is 144 cm³/mol. The number of benzene rings is 3. The van der Waals surface area contributed by atoms with E-state index in [9.17, 15) is 14.7 Å². The monoisotopic (exact) mass is 536 g/mol. The molecule has 1 aliphatic heterocycles. The highest BCUT2D eigenvalue weighted by molar-refractivity contribution is 6.52. The minimum absolute atomic E-state index is 0.0778. The molecule has 1 aliphatic rings. The molecular formula is C28H22Cl2N2O5. The van der Waals surface area contributed by atoms with Gasteiger partial charge in [0.05, 0.1) is 35.9 Å². The van der Waals surface area contributed by atoms with E-state index in [4.69, 9.17) is 32.7 Å². The minimum atomic E-state index is -0.927. The van der Waals surface area contributed by atoms with Gasteiger partial charge < -0.3 is 19.6 Å². The average molecular weight is 537 g/mol. The van der Waals surface area contributed by atoms with E-state index in [2.05, 4.69) is 4.98 Å². The van der Waals surface area contributed by atoms with E-state index in [1.165, 1.54) is 24.1 Å². The number of carbonyl (C=O) groups excluding carboxylic acids is 2. The van der Waals surface area contributed by atoms with Crippen LogP contribution in [-0.4, -0.2) is 36.0 Å². The number of Topliss-reactive ketones (excluding diaryl/α,β-unsaturated/α-hetero) is 1. The number of aryl methyl sites for hydroxylation is 1. The number of aliphatic hydroxyl groups is 1. The number of H-pyrrole nitrogens is 1. The van der Waals surface area contributed by atoms with Crippen molar-refractivity contribution in [1.82, 2.24) is 4.98 Å². The molecule has 1 saturated heterocycles. The van der Waals surface area contributed by atoms with Gasteiger partial charge in [0.1, 0.15) is 11.5 Å². The second-order valence-corrected chi connectivity index (χ2v) is 9.36. The number of aliphatic hydroxyl groups excluding tert-OH is 1. The maximum Gasteiger partial charge on any atom is 0.300 e. The van der Waals surface area contributed by atoms with Crippen LogP contribution >= 0.6 is 23.2 Å². The van der Waals surface area contributed by atoms with Gasteiger partial charge >= 0.3 is 0 Å². The lowest BCUT2D eigenvalue weighted by Crippen LogP contribution is -2.29. The van der Waals surface area contributed by atoms with Gasteiger partial charge in [-0.05, 0) is 49.4 Å². The summed E-state index contributed by atoms with van der Waals surface area (Å²) in [4.78, 5) is 31.8. The molecule has 37 heavy (non-hydrogen) atoms. The van der Waals surface area contributed by atoms with E-state index in [-0.39, 0.29) is 26.9 Å². The van der Waals surface area contributed by atoms with Crippen molar-refractivity contribution in [2.45, 2.75) is 13.0 Å². The van der Waals surface area contributed by atoms with Gasteiger partial charge in [-0.3, -0.25) is 14.5 Å². The molecule has 2 heterocycles. The number of anilines is 1. The Kier molecular flexibility index (Phi) is 6.35. The van der Waals surface area contributed by atoms with E-state index < -0.39 is 23.5 Å². The molecule has 0 spiro atoms. The Morgan fingerprint density at radius 2 is 1.62 bits per heavy atom. The Bertz CT molecular complexity index is 1570. The van der Waals surface area contributed by atoms with Gasteiger partial charge in [0, 0.05) is 33.4 Å². The Labute approximate surface area is 222 Å². The second-order valence-electron chi connectivity index (χ2n) is 8.55. The molecule has 7 nitrogen and oxygen atoms in total. The van der Waals surface area contributed by atoms with Crippen LogP contribution in [0.3, 0.4) is 0 Å². The molecule has 1 unspecified atom stereocenters. The van der Waals surface area contributed by atoms with Crippen LogP contribution in [0.1, 0.15) is 22.9 Å². The lowest BCUT2D eigenvalue weighted by molar-refractivity contribution is -0.132. The number of halogens is 2. The Morgan fingerprint density at radius 1 is 0.973 bits per heavy atom. The molecule has 0 saturated carbocycles. The van der Waals surface area contributed by atoms with Crippen molar-refractivity contribution < 1.29 is 24.2 Å². The fraction of sp³-hybridized carbons (Fsp3) is 0.143. The Hall–Kier alpha value is -3.94. The number of rotatable bonds is 5. The number of para-hydroxylation sites is 1. The number of hydrogen-bond donors (Lipinski definition) is 2. The largest absolute Gasteiger partial charge is 0.507 e. The number of ketones is 1. The molecule has 3 aromatic carbocycles. The zero-order valence-electron chi connectivity index (χ0n) is 20.1. The number of aromatic amines is 1. The SMILES string of the molecule is COc1ccc(N2C(=O)C(=O)/C(=C(/O)c3cc(Cl)c(OC)c(Cl)c3)C2c2c(C)[nH]c3ccccc23)cc1. The molecule has 5 rings (SSSR count). The summed E-state index contributed by atoms with van der Waals surface area (Å²) in [7, 11) is 2.97. The van der Waals surface area contributed by atoms with Crippen LogP contribution in [0.2, 0.25) is 10.0 Å². The molecule has 4 aromatic rings. The number of hydrogen-bond acceptors (Lipinski definition) is 5. The Balaban J connectivity index is 1.80. The van der Waals surface area contributed by atoms with Crippen molar-refractivity contribution in [2.75, 3.05) is 19.1 Å². The van der Waals surface area contributed by atoms with Crippen LogP contribution in [0.5, 0.6) is 11.5 Å². The van der Waals surface area contributed by atoms with Crippen LogP contribution < -0.4 is 14.4 Å². The minimum Gasteiger partial charge on any atom is -0.507 e. The second kappa shape index (κ2) is 9.50. The molecule has 188 valence electrons. The number of nitrogens with one attached hydrogen (secondary N) is 1. The number of methoxy groups -OCH3 is 2. The van der Waals surface area contributed by atoms with Gasteiger partial charge in [-0.15, -0.1) is 0 Å². The summed E-state index contributed by atoms with van der Waals surface area (Å²) in [5.74, 6) is -1.15. The Morgan fingerprint density at radius 3 is 2.24 bits per heavy atom. The average Bonchev–Trinajstić information content (AvgIpc) is 3.35. The maximum atomic E-state index is 13.5. The summed E-state index contributed by atoms with van der Waals surface area (Å²) in [5.41, 5.74) is 2.87. The summed E-state index contributed by atoms with van der Waals surface area (Å²) >= 11 is 12.6. The first kappa shape index (κ1) is 24.7. The summed E-state index contributed by atoms with van der Waals surface area (Å²) in [6.07, 6.45) is 0. The van der Waals surface area contributed by atoms with E-state index in [1.807, 2.05) is 31.2 Å². The van der Waals surface area contributed by atoms with Crippen LogP contribution in [0, 0.1) is 6.92 Å². The first-order chi connectivity index (χ1) is 17.8. The fourth-order valence-corrected chi connectivity index (χ4v) is 5.45. The van der Waals surface area contributed by atoms with Crippen LogP contribution in [-0.2, 0) is 9.59 Å². The third-order valence-corrected chi connectivity index (χ3v) is 7.05. The lowest BCUT2D eigenvalue weighted by atomic mass is 9.93. The number of carbonyl (C=O) groups is 2. The van der Waals surface area contributed by atoms with Crippen LogP contribution in [0.15, 0.2) is 66.2 Å². The van der Waals surface area contributed by atoms with Gasteiger partial charge in [0.2, 0.25) is 0 Å². The topological polar surface area (TPSA) is 91.9 Å². The summed E-state index contributed by atoms with van der Waals surface area (Å²) in [6, 6.07) is 16.4. The number of aromatic nitrogens is 1. The normalized spacial score (nSPS) is 17.0. The van der Waals surface area contributed by atoms with Crippen LogP contribution in [0.25, 0.3) is 16.7 Å². The molecule has 1 atom stereocenters. The highest BCUT2D eigenvalue weighted by atomic mass is 35.5. The number of fused-ring (bicyclic) bond motifs is 1. The molecular weight excluding hydrogens is 515 g/mol. The fourth-order valence-electron chi connectivity index (χ4n) is 4.81. The summed E-state index contributed by atoms with van der Waals surface area (Å²) in [5, 5.41) is 12.6. The predicted octanol–water partition coefficient (Wildman–Crippen LogP) is 6.43. The summed E-state index contributed by atoms with van der Waals surface area (Å²) < 4.78 is 10.5. The van der Waals surface area contributed by atoms with E-state index in [1.54, 1.807) is 31.4 Å². The first-order valence-electron chi connectivity index (χ1n) is 11.3. The van der Waals surface area contributed by atoms with Crippen molar-refractivity contribution in [3.63, 3.8) is 0 Å². The van der Waals surface area contributed by atoms with Gasteiger partial charge in [-0.1, -0.05) is 41.4 Å². The maximum absolute atomic E-state index is 13.5. The van der Waals surface area contributed by atoms with E-state index in [0.717, 1.165) is 16.6 Å². The van der Waals surface area contributed by atoms with Gasteiger partial charge in [0.15, 0.2) is 5.75 Å². The molecule has 2 N–H and O–H groups in total. The molecule has 1 aromatic heterocycles. The zero-order chi connectivity index (χ0) is 26.4. The molecule has 1 fully saturated rings. The first-order valence-corrected chi connectivity index (χ1v) is 12.1. The molecule has 0 aliphatic carbocycles. The molecule has 0 bridgehead atoms.